The molecule has 0 saturated carbocycles. The van der Waals surface area contributed by atoms with Crippen molar-refractivity contribution >= 4 is 25.2 Å². The molecule has 2 aliphatic rings. The molecule has 0 bridgehead atoms. The van der Waals surface area contributed by atoms with Crippen LogP contribution in [0.15, 0.2) is 18.2 Å². The van der Waals surface area contributed by atoms with Crippen molar-refractivity contribution in [2.24, 2.45) is 0 Å². The first-order valence-corrected chi connectivity index (χ1v) is 12.5. The van der Waals surface area contributed by atoms with Crippen molar-refractivity contribution in [2.75, 3.05) is 6.61 Å². The molecule has 0 atom stereocenters. The first-order chi connectivity index (χ1) is 18.4. The molecule has 5 nitrogen and oxygen atoms in total. The molecule has 1 aromatic rings. The van der Waals surface area contributed by atoms with Crippen LogP contribution in [0.1, 0.15) is 55.4 Å². The minimum atomic E-state index is -7.54. The normalized spacial score (nSPS) is 22.5. The van der Waals surface area contributed by atoms with Crippen molar-refractivity contribution in [1.82, 2.24) is 0 Å². The Hall–Kier alpha value is -1.78. The van der Waals surface area contributed by atoms with E-state index in [2.05, 4.69) is 4.74 Å². The van der Waals surface area contributed by atoms with Gasteiger partial charge in [-0.15, -0.1) is 0 Å². The molecule has 0 unspecified atom stereocenters. The smallest absolute Gasteiger partial charge is 0.487 e. The quantitative estimate of drug-likeness (QED) is 0.271. The molecule has 0 aliphatic carbocycles. The fraction of sp³-hybridized carbons (Fsp3) is 0.750. The van der Waals surface area contributed by atoms with Crippen LogP contribution in [0.4, 0.5) is 48.3 Å². The van der Waals surface area contributed by atoms with E-state index >= 15 is 0 Å². The van der Waals surface area contributed by atoms with Crippen LogP contribution in [-0.2, 0) is 18.6 Å². The zero-order valence-electron chi connectivity index (χ0n) is 23.8. The Kier molecular flexibility index (Phi) is 8.15. The maximum atomic E-state index is 14.4. The SMILES string of the molecule is CC1(C)OB(c2cc(OCC(F)(F)C(F)(F)C(F)(F)C(F)(F)C(F)(F)F)cc(B3OC(C)(C)C(C)(C)O3)c2)OC1(C)C. The predicted octanol–water partition coefficient (Wildman–Crippen LogP) is 5.77. The number of ether oxygens (including phenoxy) is 1. The molecule has 3 rings (SSSR count). The van der Waals surface area contributed by atoms with E-state index in [1.807, 2.05) is 0 Å². The number of halogens is 11. The summed E-state index contributed by atoms with van der Waals surface area (Å²) in [6.45, 7) is 10.8. The zero-order chi connectivity index (χ0) is 32.8. The highest BCUT2D eigenvalue weighted by Crippen LogP contribution is 2.57. The third kappa shape index (κ3) is 5.49. The van der Waals surface area contributed by atoms with Crippen molar-refractivity contribution in [3.8, 4) is 5.75 Å². The van der Waals surface area contributed by atoms with Crippen LogP contribution < -0.4 is 15.7 Å². The summed E-state index contributed by atoms with van der Waals surface area (Å²) in [4.78, 5) is 0. The largest absolute Gasteiger partial charge is 0.494 e. The van der Waals surface area contributed by atoms with E-state index in [1.54, 1.807) is 55.4 Å². The Bertz CT molecular complexity index is 1100. The van der Waals surface area contributed by atoms with Gasteiger partial charge < -0.3 is 23.4 Å². The number of hydrogen-bond donors (Lipinski definition) is 0. The summed E-state index contributed by atoms with van der Waals surface area (Å²) < 4.78 is 176. The van der Waals surface area contributed by atoms with E-state index in [-0.39, 0.29) is 10.9 Å². The Labute approximate surface area is 235 Å². The molecule has 2 heterocycles. The van der Waals surface area contributed by atoms with Crippen LogP contribution in [0.3, 0.4) is 0 Å². The molecule has 0 spiro atoms. The van der Waals surface area contributed by atoms with Crippen LogP contribution in [0.5, 0.6) is 5.75 Å². The van der Waals surface area contributed by atoms with E-state index in [9.17, 15) is 48.3 Å². The summed E-state index contributed by atoms with van der Waals surface area (Å²) in [5.74, 6) is -29.1. The molecule has 0 aromatic heterocycles. The highest BCUT2D eigenvalue weighted by atomic mass is 19.4. The molecule has 2 saturated heterocycles. The zero-order valence-corrected chi connectivity index (χ0v) is 23.8. The Morgan fingerprint density at radius 2 is 0.881 bits per heavy atom. The van der Waals surface area contributed by atoms with Crippen LogP contribution >= 0.6 is 0 Å². The number of hydrogen-bond acceptors (Lipinski definition) is 5. The fourth-order valence-electron chi connectivity index (χ4n) is 3.83. The van der Waals surface area contributed by atoms with Crippen molar-refractivity contribution in [1.29, 1.82) is 0 Å². The van der Waals surface area contributed by atoms with Gasteiger partial charge in [-0.25, -0.2) is 0 Å². The molecule has 0 N–H and O–H groups in total. The van der Waals surface area contributed by atoms with Crippen molar-refractivity contribution in [3.05, 3.63) is 18.2 Å². The lowest BCUT2D eigenvalue weighted by atomic mass is 9.71. The van der Waals surface area contributed by atoms with Gasteiger partial charge in [0.1, 0.15) is 5.75 Å². The minimum absolute atomic E-state index is 0.0554. The summed E-state index contributed by atoms with van der Waals surface area (Å²) >= 11 is 0. The molecular formula is C24H29B2F11O5. The highest BCUT2D eigenvalue weighted by molar-refractivity contribution is 6.66. The van der Waals surface area contributed by atoms with Gasteiger partial charge in [0.15, 0.2) is 6.61 Å². The van der Waals surface area contributed by atoms with E-state index in [0.717, 1.165) is 12.1 Å². The van der Waals surface area contributed by atoms with E-state index in [0.29, 0.717) is 0 Å². The lowest BCUT2D eigenvalue weighted by Crippen LogP contribution is -2.67. The van der Waals surface area contributed by atoms with Crippen LogP contribution in [0.25, 0.3) is 0 Å². The Morgan fingerprint density at radius 1 is 0.548 bits per heavy atom. The summed E-state index contributed by atoms with van der Waals surface area (Å²) in [6.07, 6.45) is -7.26. The van der Waals surface area contributed by atoms with Gasteiger partial charge in [-0.1, -0.05) is 6.07 Å². The molecule has 238 valence electrons. The van der Waals surface area contributed by atoms with Gasteiger partial charge in [0, 0.05) is 0 Å². The Balaban J connectivity index is 2.00. The van der Waals surface area contributed by atoms with Gasteiger partial charge in [-0.3, -0.25) is 0 Å². The molecule has 0 radical (unpaired) electrons. The molecule has 18 heteroatoms. The van der Waals surface area contributed by atoms with Crippen molar-refractivity contribution in [2.45, 2.75) is 108 Å². The van der Waals surface area contributed by atoms with Crippen LogP contribution in [0.2, 0.25) is 0 Å². The Morgan fingerprint density at radius 3 is 1.19 bits per heavy atom. The number of alkyl halides is 11. The fourth-order valence-corrected chi connectivity index (χ4v) is 3.83. The van der Waals surface area contributed by atoms with Gasteiger partial charge in [-0.05, 0) is 78.4 Å². The number of benzene rings is 1. The summed E-state index contributed by atoms with van der Waals surface area (Å²) in [5.41, 5.74) is -3.54. The van der Waals surface area contributed by atoms with Gasteiger partial charge >= 0.3 is 44.1 Å². The second-order valence-corrected chi connectivity index (χ2v) is 12.2. The van der Waals surface area contributed by atoms with Crippen LogP contribution in [-0.4, -0.2) is 73.1 Å². The average Bonchev–Trinajstić information content (AvgIpc) is 3.16. The third-order valence-corrected chi connectivity index (χ3v) is 8.03. The second kappa shape index (κ2) is 9.86. The average molecular weight is 628 g/mol. The standard InChI is InChI=1S/C24H29B2F11O5/c1-16(2)17(3,4)40-25(39-16)13-9-14(26-41-18(5,6)19(7,8)42-26)11-15(10-13)38-12-20(27,28)21(29,30)22(31,32)23(33,34)24(35,36)37/h9-11H,12H2,1-8H3. The van der Waals surface area contributed by atoms with E-state index < -0.39 is 78.9 Å². The van der Waals surface area contributed by atoms with Gasteiger partial charge in [0.25, 0.3) is 0 Å². The molecule has 42 heavy (non-hydrogen) atoms. The number of rotatable bonds is 8. The summed E-state index contributed by atoms with van der Waals surface area (Å²) in [6, 6.07) is 3.34. The first kappa shape index (κ1) is 34.7. The summed E-state index contributed by atoms with van der Waals surface area (Å²) in [5, 5.41) is 0. The maximum Gasteiger partial charge on any atom is 0.494 e. The molecule has 2 aliphatic heterocycles. The van der Waals surface area contributed by atoms with Crippen LogP contribution in [0, 0.1) is 0 Å². The van der Waals surface area contributed by atoms with Gasteiger partial charge in [0.2, 0.25) is 0 Å². The topological polar surface area (TPSA) is 46.2 Å². The first-order valence-electron chi connectivity index (χ1n) is 12.5. The highest BCUT2D eigenvalue weighted by Gasteiger charge is 2.87. The lowest BCUT2D eigenvalue weighted by molar-refractivity contribution is -0.423. The second-order valence-electron chi connectivity index (χ2n) is 12.2. The molecular weight excluding hydrogens is 599 g/mol. The summed E-state index contributed by atoms with van der Waals surface area (Å²) in [7, 11) is -2.40. The van der Waals surface area contributed by atoms with E-state index in [1.165, 1.54) is 6.07 Å². The molecule has 2 fully saturated rings. The minimum Gasteiger partial charge on any atom is -0.487 e. The third-order valence-electron chi connectivity index (χ3n) is 8.03. The van der Waals surface area contributed by atoms with E-state index in [4.69, 9.17) is 18.6 Å². The molecule has 1 aromatic carbocycles. The maximum absolute atomic E-state index is 14.4. The lowest BCUT2D eigenvalue weighted by Gasteiger charge is -2.37. The van der Waals surface area contributed by atoms with Crippen molar-refractivity contribution in [3.63, 3.8) is 0 Å². The van der Waals surface area contributed by atoms with Crippen molar-refractivity contribution < 1.29 is 71.6 Å². The predicted molar refractivity (Wildman–Crippen MR) is 129 cm³/mol. The van der Waals surface area contributed by atoms with Gasteiger partial charge in [-0.2, -0.15) is 48.3 Å². The molecule has 0 amide bonds. The van der Waals surface area contributed by atoms with Gasteiger partial charge in [0.05, 0.1) is 22.4 Å². The monoisotopic (exact) mass is 628 g/mol.